The number of hydrogen-bond donors (Lipinski definition) is 2. The van der Waals surface area contributed by atoms with Crippen molar-refractivity contribution in [3.05, 3.63) is 130 Å². The lowest BCUT2D eigenvalue weighted by Crippen LogP contribution is -2.49. The number of fused-ring (bicyclic) bond motifs is 1. The first-order valence-electron chi connectivity index (χ1n) is 14.9. The van der Waals surface area contributed by atoms with E-state index in [1.54, 1.807) is 30.7 Å². The summed E-state index contributed by atoms with van der Waals surface area (Å²) in [5.74, 6) is -0.0114. The number of rotatable bonds is 11. The summed E-state index contributed by atoms with van der Waals surface area (Å²) in [4.78, 5) is 19.7. The predicted octanol–water partition coefficient (Wildman–Crippen LogP) is 7.85. The molecule has 234 valence electrons. The summed E-state index contributed by atoms with van der Waals surface area (Å²) < 4.78 is 1.95. The second-order valence-electron chi connectivity index (χ2n) is 11.5. The van der Waals surface area contributed by atoms with E-state index < -0.39 is 0 Å². The molecule has 7 nitrogen and oxygen atoms in total. The fourth-order valence-corrected chi connectivity index (χ4v) is 5.80. The first-order chi connectivity index (χ1) is 22.2. The molecule has 10 heteroatoms. The minimum absolute atomic E-state index is 0.105. The fourth-order valence-electron chi connectivity index (χ4n) is 5.17. The van der Waals surface area contributed by atoms with E-state index in [-0.39, 0.29) is 24.3 Å². The van der Waals surface area contributed by atoms with E-state index in [1.807, 2.05) is 51.9 Å². The van der Waals surface area contributed by atoms with Crippen molar-refractivity contribution < 1.29 is 4.79 Å². The van der Waals surface area contributed by atoms with E-state index in [9.17, 15) is 4.79 Å². The molecule has 5 rings (SSSR count). The highest BCUT2D eigenvalue weighted by molar-refractivity contribution is 7.80. The first kappa shape index (κ1) is 33.0. The number of nitrogens with one attached hydrogen (secondary N) is 2. The topological polar surface area (TPSA) is 86.0 Å². The molecule has 0 saturated carbocycles. The van der Waals surface area contributed by atoms with E-state index in [0.29, 0.717) is 40.4 Å². The molecule has 0 bridgehead atoms. The molecule has 1 aromatic heterocycles. The smallest absolute Gasteiger partial charge is 0.226 e. The molecule has 4 aromatic carbocycles. The van der Waals surface area contributed by atoms with Crippen LogP contribution < -0.4 is 10.6 Å². The Morgan fingerprint density at radius 1 is 1.02 bits per heavy atom. The van der Waals surface area contributed by atoms with Crippen LogP contribution in [0, 0.1) is 17.2 Å². The highest BCUT2D eigenvalue weighted by atomic mass is 35.5. The molecule has 1 amide bonds. The van der Waals surface area contributed by atoms with Crippen LogP contribution in [0.5, 0.6) is 0 Å². The molecule has 0 aliphatic heterocycles. The van der Waals surface area contributed by atoms with Crippen LogP contribution in [0.25, 0.3) is 10.8 Å². The number of anilines is 1. The Hall–Kier alpha value is -4.42. The minimum Gasteiger partial charge on any atom is -0.351 e. The fraction of sp³-hybridized carbons (Fsp3) is 0.222. The van der Waals surface area contributed by atoms with Gasteiger partial charge in [-0.05, 0) is 70.4 Å². The van der Waals surface area contributed by atoms with Crippen LogP contribution in [-0.4, -0.2) is 38.1 Å². The molecule has 5 aromatic rings. The van der Waals surface area contributed by atoms with Gasteiger partial charge in [0, 0.05) is 43.3 Å². The Labute approximate surface area is 284 Å². The van der Waals surface area contributed by atoms with Gasteiger partial charge >= 0.3 is 0 Å². The maximum absolute atomic E-state index is 13.4. The number of benzene rings is 4. The summed E-state index contributed by atoms with van der Waals surface area (Å²) in [6, 6.07) is 29.1. The van der Waals surface area contributed by atoms with Crippen LogP contribution in [0.2, 0.25) is 10.0 Å². The molecule has 0 fully saturated rings. The van der Waals surface area contributed by atoms with Gasteiger partial charge in [0.05, 0.1) is 34.4 Å². The monoisotopic (exact) mass is 668 g/mol. The van der Waals surface area contributed by atoms with Crippen LogP contribution in [0.4, 0.5) is 5.69 Å². The number of nitriles is 1. The third-order valence-corrected chi connectivity index (χ3v) is 9.04. The largest absolute Gasteiger partial charge is 0.351 e. The molecule has 0 spiro atoms. The Bertz CT molecular complexity index is 1880. The number of thiocarbonyl (C=S) groups is 1. The molecule has 1 heterocycles. The third kappa shape index (κ3) is 8.43. The van der Waals surface area contributed by atoms with Crippen LogP contribution in [0.1, 0.15) is 36.2 Å². The number of carbonyl (C=O) groups excluding carboxylic acids is 1. The van der Waals surface area contributed by atoms with Crippen molar-refractivity contribution in [1.82, 2.24) is 19.8 Å². The number of amides is 1. The Morgan fingerprint density at radius 2 is 1.78 bits per heavy atom. The van der Waals surface area contributed by atoms with E-state index in [0.717, 1.165) is 33.3 Å². The zero-order chi connectivity index (χ0) is 32.6. The van der Waals surface area contributed by atoms with Gasteiger partial charge < -0.3 is 20.1 Å². The lowest BCUT2D eigenvalue weighted by molar-refractivity contribution is -0.121. The number of carbonyl (C=O) groups is 1. The normalized spacial score (nSPS) is 11.7. The average Bonchev–Trinajstić information content (AvgIpc) is 3.48. The van der Waals surface area contributed by atoms with Gasteiger partial charge in [0.15, 0.2) is 5.11 Å². The third-order valence-electron chi connectivity index (χ3n) is 7.83. The van der Waals surface area contributed by atoms with Crippen molar-refractivity contribution in [1.29, 1.82) is 5.26 Å². The number of hydrogen-bond acceptors (Lipinski definition) is 4. The molecule has 0 aliphatic rings. The second-order valence-corrected chi connectivity index (χ2v) is 12.7. The number of aromatic nitrogens is 2. The number of halogens is 2. The SMILES string of the molecule is CC(C)[C@@H](CN(Cc1cccc(Cl)c1Cl)C(=S)Nc1ccc2ccccc2c1)NC(=O)Cc1cncn1Cc1ccc(C#N)cc1. The lowest BCUT2D eigenvalue weighted by Gasteiger charge is -2.33. The molecular weight excluding hydrogens is 635 g/mol. The van der Waals surface area contributed by atoms with Crippen molar-refractivity contribution in [2.24, 2.45) is 5.92 Å². The summed E-state index contributed by atoms with van der Waals surface area (Å²) in [5.41, 5.74) is 4.11. The van der Waals surface area contributed by atoms with Crippen LogP contribution in [-0.2, 0) is 24.3 Å². The van der Waals surface area contributed by atoms with Crippen molar-refractivity contribution >= 4 is 62.9 Å². The van der Waals surface area contributed by atoms with Crippen LogP contribution >= 0.6 is 35.4 Å². The zero-order valence-corrected chi connectivity index (χ0v) is 27.9. The second kappa shape index (κ2) is 15.2. The summed E-state index contributed by atoms with van der Waals surface area (Å²) in [7, 11) is 0. The Kier molecular flexibility index (Phi) is 10.9. The average molecular weight is 670 g/mol. The molecule has 0 unspecified atom stereocenters. The van der Waals surface area contributed by atoms with E-state index in [4.69, 9.17) is 40.7 Å². The first-order valence-corrected chi connectivity index (χ1v) is 16.1. The summed E-state index contributed by atoms with van der Waals surface area (Å²) >= 11 is 18.9. The van der Waals surface area contributed by atoms with Gasteiger partial charge in [-0.2, -0.15) is 5.26 Å². The minimum atomic E-state index is -0.225. The summed E-state index contributed by atoms with van der Waals surface area (Å²) in [5, 5.41) is 19.4. The van der Waals surface area contributed by atoms with Crippen molar-refractivity contribution in [3.8, 4) is 6.07 Å². The van der Waals surface area contributed by atoms with Gasteiger partial charge in [-0.25, -0.2) is 4.98 Å². The molecule has 0 aliphatic carbocycles. The zero-order valence-electron chi connectivity index (χ0n) is 25.6. The Morgan fingerprint density at radius 3 is 2.52 bits per heavy atom. The van der Waals surface area contributed by atoms with E-state index in [2.05, 4.69) is 59.8 Å². The maximum Gasteiger partial charge on any atom is 0.226 e. The van der Waals surface area contributed by atoms with Gasteiger partial charge in [-0.15, -0.1) is 0 Å². The number of imidazole rings is 1. The van der Waals surface area contributed by atoms with Crippen LogP contribution in [0.15, 0.2) is 97.5 Å². The predicted molar refractivity (Wildman–Crippen MR) is 190 cm³/mol. The summed E-state index contributed by atoms with van der Waals surface area (Å²) in [6.45, 7) is 5.53. The van der Waals surface area contributed by atoms with E-state index in [1.165, 1.54) is 0 Å². The van der Waals surface area contributed by atoms with Gasteiger partial charge in [-0.1, -0.05) is 91.6 Å². The van der Waals surface area contributed by atoms with Crippen molar-refractivity contribution in [2.45, 2.75) is 39.4 Å². The standard InChI is InChI=1S/C36H34Cl2N6OS/c1-24(2)33(42-34(45)17-31-19-40-23-44(31)20-26-12-10-25(18-39)11-13-26)22-43(21-29-8-5-9-32(37)35(29)38)36(46)41-30-15-14-27-6-3-4-7-28(27)16-30/h3-16,19,23-24,33H,17,20-22H2,1-2H3,(H,41,46)(H,42,45)/t33-/m1/s1. The highest BCUT2D eigenvalue weighted by Gasteiger charge is 2.23. The number of nitrogens with zero attached hydrogens (tertiary/aromatic N) is 4. The highest BCUT2D eigenvalue weighted by Crippen LogP contribution is 2.27. The molecule has 0 saturated heterocycles. The Balaban J connectivity index is 1.31. The molecule has 46 heavy (non-hydrogen) atoms. The van der Waals surface area contributed by atoms with Crippen LogP contribution in [0.3, 0.4) is 0 Å². The molecular formula is C36H34Cl2N6OS. The van der Waals surface area contributed by atoms with Gasteiger partial charge in [0.1, 0.15) is 0 Å². The van der Waals surface area contributed by atoms with Crippen molar-refractivity contribution in [3.63, 3.8) is 0 Å². The van der Waals surface area contributed by atoms with E-state index >= 15 is 0 Å². The van der Waals surface area contributed by atoms with Gasteiger partial charge in [0.25, 0.3) is 0 Å². The van der Waals surface area contributed by atoms with Gasteiger partial charge in [0.2, 0.25) is 5.91 Å². The summed E-state index contributed by atoms with van der Waals surface area (Å²) in [6.07, 6.45) is 3.59. The maximum atomic E-state index is 13.4. The molecule has 1 atom stereocenters. The van der Waals surface area contributed by atoms with Crippen molar-refractivity contribution in [2.75, 3.05) is 11.9 Å². The quantitative estimate of drug-likeness (QED) is 0.139. The van der Waals surface area contributed by atoms with Gasteiger partial charge in [-0.3, -0.25) is 4.79 Å². The lowest BCUT2D eigenvalue weighted by atomic mass is 10.0. The molecule has 0 radical (unpaired) electrons. The molecule has 2 N–H and O–H groups in total.